The van der Waals surface area contributed by atoms with E-state index in [4.69, 9.17) is 19.7 Å². The van der Waals surface area contributed by atoms with E-state index in [0.717, 1.165) is 0 Å². The van der Waals surface area contributed by atoms with Gasteiger partial charge in [-0.2, -0.15) is 0 Å². The van der Waals surface area contributed by atoms with E-state index in [1.807, 2.05) is 0 Å². The highest BCUT2D eigenvalue weighted by molar-refractivity contribution is 5.74. The lowest BCUT2D eigenvalue weighted by atomic mass is 10.1. The number of carbonyl (C=O) groups is 4. The van der Waals surface area contributed by atoms with Crippen LogP contribution >= 0.6 is 0 Å². The molecule has 4 atom stereocenters. The van der Waals surface area contributed by atoms with E-state index >= 15 is 0 Å². The van der Waals surface area contributed by atoms with Crippen LogP contribution in [-0.2, 0) is 19.1 Å². The zero-order valence-corrected chi connectivity index (χ0v) is 19.4. The summed E-state index contributed by atoms with van der Waals surface area (Å²) in [4.78, 5) is 44.1. The molecule has 180 valence electrons. The van der Waals surface area contributed by atoms with Gasteiger partial charge in [0.1, 0.15) is 11.2 Å². The van der Waals surface area contributed by atoms with Crippen LogP contribution in [0.4, 0.5) is 9.59 Å². The van der Waals surface area contributed by atoms with E-state index in [9.17, 15) is 19.2 Å². The lowest BCUT2D eigenvalue weighted by Gasteiger charge is -2.21. The first kappa shape index (κ1) is 27.0. The van der Waals surface area contributed by atoms with Crippen molar-refractivity contribution < 1.29 is 38.9 Å². The minimum Gasteiger partial charge on any atom is -0.481 e. The van der Waals surface area contributed by atoms with Gasteiger partial charge < -0.3 is 30.3 Å². The first-order valence-corrected chi connectivity index (χ1v) is 10.4. The van der Waals surface area contributed by atoms with Crippen molar-refractivity contribution in [3.63, 3.8) is 0 Å². The van der Waals surface area contributed by atoms with Gasteiger partial charge in [0.05, 0.1) is 23.9 Å². The van der Waals surface area contributed by atoms with Crippen LogP contribution in [-0.4, -0.2) is 57.6 Å². The van der Waals surface area contributed by atoms with Crippen LogP contribution in [0.1, 0.15) is 54.4 Å². The topological polar surface area (TPSA) is 151 Å². The fourth-order valence-corrected chi connectivity index (χ4v) is 2.90. The van der Waals surface area contributed by atoms with Gasteiger partial charge >= 0.3 is 24.1 Å². The first-order chi connectivity index (χ1) is 14.6. The highest BCUT2D eigenvalue weighted by Gasteiger charge is 2.28. The molecular weight excluding hydrogens is 420 g/mol. The van der Waals surface area contributed by atoms with Crippen LogP contribution in [0.5, 0.6) is 0 Å². The molecule has 0 saturated heterocycles. The minimum absolute atomic E-state index is 0.254. The van der Waals surface area contributed by atoms with Crippen molar-refractivity contribution in [1.82, 2.24) is 10.6 Å². The number of alkyl carbamates (subject to hydrolysis) is 2. The number of hydrogen-bond acceptors (Lipinski definition) is 6. The Labute approximate surface area is 188 Å². The molecule has 2 aliphatic rings. The summed E-state index contributed by atoms with van der Waals surface area (Å²) in [5, 5.41) is 22.7. The number of carbonyl (C=O) groups excluding carboxylic acids is 2. The van der Waals surface area contributed by atoms with Crippen molar-refractivity contribution in [2.75, 3.05) is 0 Å². The fraction of sp³-hybridized carbons (Fsp3) is 0.636. The molecule has 32 heavy (non-hydrogen) atoms. The van der Waals surface area contributed by atoms with Crippen LogP contribution in [0.3, 0.4) is 0 Å². The molecule has 0 aromatic rings. The maximum atomic E-state index is 11.4. The Bertz CT molecular complexity index is 697. The molecule has 0 aromatic carbocycles. The van der Waals surface area contributed by atoms with Crippen molar-refractivity contribution in [1.29, 1.82) is 0 Å². The highest BCUT2D eigenvalue weighted by Crippen LogP contribution is 2.19. The Morgan fingerprint density at radius 2 is 1.00 bits per heavy atom. The number of ether oxygens (including phenoxy) is 2. The molecular formula is C22H34N2O8. The third-order valence-electron chi connectivity index (χ3n) is 4.21. The molecule has 2 rings (SSSR count). The maximum Gasteiger partial charge on any atom is 0.408 e. The molecule has 0 spiro atoms. The van der Waals surface area contributed by atoms with Gasteiger partial charge in [0.2, 0.25) is 0 Å². The predicted octanol–water partition coefficient (Wildman–Crippen LogP) is 3.08. The van der Waals surface area contributed by atoms with Gasteiger partial charge in [-0.15, -0.1) is 0 Å². The second kappa shape index (κ2) is 11.0. The summed E-state index contributed by atoms with van der Waals surface area (Å²) >= 11 is 0. The molecule has 0 heterocycles. The summed E-state index contributed by atoms with van der Waals surface area (Å²) in [6.45, 7) is 10.6. The summed E-state index contributed by atoms with van der Waals surface area (Å²) < 4.78 is 10.1. The van der Waals surface area contributed by atoms with Crippen LogP contribution in [0.2, 0.25) is 0 Å². The van der Waals surface area contributed by atoms with Gasteiger partial charge in [-0.25, -0.2) is 9.59 Å². The van der Waals surface area contributed by atoms with Gasteiger partial charge in [0.15, 0.2) is 0 Å². The number of aliphatic carboxylic acids is 2. The molecule has 0 aliphatic heterocycles. The van der Waals surface area contributed by atoms with Crippen molar-refractivity contribution in [3.05, 3.63) is 24.3 Å². The normalized spacial score (nSPS) is 24.2. The van der Waals surface area contributed by atoms with E-state index in [1.165, 1.54) is 0 Å². The number of carboxylic acid groups (broad SMARTS) is 2. The Kier molecular flexibility index (Phi) is 9.29. The number of hydrogen-bond donors (Lipinski definition) is 4. The summed E-state index contributed by atoms with van der Waals surface area (Å²) in [6, 6.07) is -0.508. The number of amides is 2. The van der Waals surface area contributed by atoms with E-state index in [-0.39, 0.29) is 12.1 Å². The second-order valence-electron chi connectivity index (χ2n) is 9.64. The molecule has 10 nitrogen and oxygen atoms in total. The zero-order chi connectivity index (χ0) is 24.7. The molecule has 2 aliphatic carbocycles. The molecule has 0 radical (unpaired) electrons. The van der Waals surface area contributed by atoms with E-state index in [0.29, 0.717) is 12.8 Å². The van der Waals surface area contributed by atoms with Crippen molar-refractivity contribution in [2.45, 2.75) is 77.7 Å². The largest absolute Gasteiger partial charge is 0.481 e. The lowest BCUT2D eigenvalue weighted by molar-refractivity contribution is -0.141. The number of rotatable bonds is 4. The average Bonchev–Trinajstić information content (AvgIpc) is 3.21. The Balaban J connectivity index is 0.000000320. The molecule has 0 fully saturated rings. The lowest BCUT2D eigenvalue weighted by Crippen LogP contribution is -2.38. The van der Waals surface area contributed by atoms with E-state index in [2.05, 4.69) is 10.6 Å². The molecule has 10 heteroatoms. The second-order valence-corrected chi connectivity index (χ2v) is 9.64. The molecule has 2 amide bonds. The Morgan fingerprint density at radius 1 is 0.688 bits per heavy atom. The monoisotopic (exact) mass is 454 g/mol. The fourth-order valence-electron chi connectivity index (χ4n) is 2.90. The number of carboxylic acids is 2. The van der Waals surface area contributed by atoms with Crippen molar-refractivity contribution in [2.24, 2.45) is 11.8 Å². The van der Waals surface area contributed by atoms with Crippen LogP contribution in [0.25, 0.3) is 0 Å². The Morgan fingerprint density at radius 3 is 1.22 bits per heavy atom. The summed E-state index contributed by atoms with van der Waals surface area (Å²) in [6.07, 6.45) is 6.27. The highest BCUT2D eigenvalue weighted by atomic mass is 16.6. The smallest absolute Gasteiger partial charge is 0.408 e. The summed E-state index contributed by atoms with van der Waals surface area (Å²) in [5.74, 6) is -2.77. The molecule has 0 unspecified atom stereocenters. The van der Waals surface area contributed by atoms with Crippen molar-refractivity contribution in [3.8, 4) is 0 Å². The van der Waals surface area contributed by atoms with Crippen molar-refractivity contribution >= 4 is 24.1 Å². The minimum atomic E-state index is -0.871. The zero-order valence-electron chi connectivity index (χ0n) is 19.4. The standard InChI is InChI=1S/2C11H17NO4/c2*1-11(2,3)16-10(15)12-8-5-4-7(6-8)9(13)14/h2*4-5,7-8H,6H2,1-3H3,(H,12,15)(H,13,14)/t2*7-,8+/m10/s1. The van der Waals surface area contributed by atoms with Crippen LogP contribution < -0.4 is 10.6 Å². The van der Waals surface area contributed by atoms with E-state index in [1.54, 1.807) is 65.8 Å². The van der Waals surface area contributed by atoms with Crippen LogP contribution in [0.15, 0.2) is 24.3 Å². The molecule has 0 bridgehead atoms. The van der Waals surface area contributed by atoms with Gasteiger partial charge in [0.25, 0.3) is 0 Å². The average molecular weight is 455 g/mol. The van der Waals surface area contributed by atoms with Gasteiger partial charge in [0, 0.05) is 0 Å². The SMILES string of the molecule is CC(C)(C)OC(=O)N[C@@H]1C=C[C@H](C(=O)O)C1.CC(C)(C)OC(=O)N[C@H]1C=C[C@@H](C(=O)O)C1. The first-order valence-electron chi connectivity index (χ1n) is 10.4. The quantitative estimate of drug-likeness (QED) is 0.473. The maximum absolute atomic E-state index is 11.4. The Hall–Kier alpha value is -3.04. The summed E-state index contributed by atoms with van der Waals surface area (Å²) in [5.41, 5.74) is -1.09. The van der Waals surface area contributed by atoms with Gasteiger partial charge in [-0.1, -0.05) is 24.3 Å². The summed E-state index contributed by atoms with van der Waals surface area (Å²) in [7, 11) is 0. The van der Waals surface area contributed by atoms with Gasteiger partial charge in [-0.3, -0.25) is 9.59 Å². The molecule has 0 aromatic heterocycles. The van der Waals surface area contributed by atoms with E-state index < -0.39 is 47.2 Å². The third-order valence-corrected chi connectivity index (χ3v) is 4.21. The van der Waals surface area contributed by atoms with Crippen LogP contribution in [0, 0.1) is 11.8 Å². The third kappa shape index (κ3) is 10.8. The molecule has 4 N–H and O–H groups in total. The predicted molar refractivity (Wildman–Crippen MR) is 116 cm³/mol. The number of nitrogens with one attached hydrogen (secondary N) is 2. The molecule has 0 saturated carbocycles. The van der Waals surface area contributed by atoms with Gasteiger partial charge in [-0.05, 0) is 54.4 Å².